The summed E-state index contributed by atoms with van der Waals surface area (Å²) in [6, 6.07) is 2.14. The fourth-order valence-corrected chi connectivity index (χ4v) is 2.49. The zero-order valence-corrected chi connectivity index (χ0v) is 10.5. The highest BCUT2D eigenvalue weighted by atomic mass is 16.1. The lowest BCUT2D eigenvalue weighted by Crippen LogP contribution is -2.39. The Hall–Kier alpha value is -1.36. The zero-order chi connectivity index (χ0) is 12.3. The lowest BCUT2D eigenvalue weighted by Gasteiger charge is -2.28. The second-order valence-electron chi connectivity index (χ2n) is 4.57. The van der Waals surface area contributed by atoms with Gasteiger partial charge in [0.2, 0.25) is 0 Å². The third-order valence-corrected chi connectivity index (χ3v) is 3.44. The number of rotatable bonds is 4. The van der Waals surface area contributed by atoms with Gasteiger partial charge in [0.25, 0.3) is 5.56 Å². The van der Waals surface area contributed by atoms with Gasteiger partial charge in [-0.1, -0.05) is 6.92 Å². The number of aromatic amines is 1. The van der Waals surface area contributed by atoms with Gasteiger partial charge in [0.15, 0.2) is 0 Å². The highest BCUT2D eigenvalue weighted by molar-refractivity contribution is 5.35. The van der Waals surface area contributed by atoms with Gasteiger partial charge in [-0.25, -0.2) is 4.98 Å². The van der Waals surface area contributed by atoms with Crippen LogP contribution in [-0.4, -0.2) is 47.6 Å². The molecule has 0 aromatic carbocycles. The largest absolute Gasteiger partial charge is 0.358 e. The minimum atomic E-state index is -0.0966. The van der Waals surface area contributed by atoms with Crippen molar-refractivity contribution in [2.24, 2.45) is 0 Å². The standard InChI is InChI=1S/C12H20N4O/c1-3-16-6-4-5-10(16)8-15(2)11-7-12(17)14-9-13-11/h7,9-10H,3-6,8H2,1-2H3,(H,13,14,17). The second-order valence-corrected chi connectivity index (χ2v) is 4.57. The number of nitrogens with one attached hydrogen (secondary N) is 1. The third kappa shape index (κ3) is 2.85. The van der Waals surface area contributed by atoms with Gasteiger partial charge in [-0.15, -0.1) is 0 Å². The van der Waals surface area contributed by atoms with E-state index in [4.69, 9.17) is 0 Å². The summed E-state index contributed by atoms with van der Waals surface area (Å²) in [5, 5.41) is 0. The average Bonchev–Trinajstić information content (AvgIpc) is 2.76. The molecule has 0 spiro atoms. The molecule has 5 heteroatoms. The summed E-state index contributed by atoms with van der Waals surface area (Å²) < 4.78 is 0. The Balaban J connectivity index is 2.01. The van der Waals surface area contributed by atoms with Crippen LogP contribution in [0.15, 0.2) is 17.2 Å². The molecule has 17 heavy (non-hydrogen) atoms. The molecule has 0 bridgehead atoms. The molecule has 0 radical (unpaired) electrons. The molecule has 94 valence electrons. The highest BCUT2D eigenvalue weighted by Gasteiger charge is 2.24. The van der Waals surface area contributed by atoms with Gasteiger partial charge in [-0.2, -0.15) is 0 Å². The van der Waals surface area contributed by atoms with Crippen LogP contribution in [0.1, 0.15) is 19.8 Å². The number of anilines is 1. The Bertz CT molecular complexity index is 417. The van der Waals surface area contributed by atoms with Crippen LogP contribution in [0, 0.1) is 0 Å². The first kappa shape index (κ1) is 12.1. The van der Waals surface area contributed by atoms with Crippen LogP contribution >= 0.6 is 0 Å². The zero-order valence-electron chi connectivity index (χ0n) is 10.5. The number of hydrogen-bond donors (Lipinski definition) is 1. The van der Waals surface area contributed by atoms with Gasteiger partial charge < -0.3 is 9.88 Å². The fraction of sp³-hybridized carbons (Fsp3) is 0.667. The summed E-state index contributed by atoms with van der Waals surface area (Å²) in [7, 11) is 1.99. The molecule has 1 fully saturated rings. The van der Waals surface area contributed by atoms with E-state index in [0.717, 1.165) is 18.9 Å². The molecule has 0 saturated carbocycles. The molecule has 1 aromatic rings. The van der Waals surface area contributed by atoms with Crippen LogP contribution in [0.4, 0.5) is 5.82 Å². The molecule has 1 aliphatic rings. The Morgan fingerprint density at radius 1 is 1.65 bits per heavy atom. The van der Waals surface area contributed by atoms with Gasteiger partial charge in [0, 0.05) is 25.7 Å². The molecule has 1 N–H and O–H groups in total. The van der Waals surface area contributed by atoms with E-state index in [1.54, 1.807) is 6.07 Å². The van der Waals surface area contributed by atoms with E-state index in [-0.39, 0.29) is 5.56 Å². The van der Waals surface area contributed by atoms with E-state index < -0.39 is 0 Å². The van der Waals surface area contributed by atoms with Crippen LogP contribution in [-0.2, 0) is 0 Å². The minimum Gasteiger partial charge on any atom is -0.358 e. The fourth-order valence-electron chi connectivity index (χ4n) is 2.49. The predicted molar refractivity (Wildman–Crippen MR) is 68.4 cm³/mol. The summed E-state index contributed by atoms with van der Waals surface area (Å²) in [6.07, 6.45) is 3.97. The van der Waals surface area contributed by atoms with Crippen molar-refractivity contribution in [2.45, 2.75) is 25.8 Å². The first-order chi connectivity index (χ1) is 8.20. The van der Waals surface area contributed by atoms with Crippen LogP contribution in [0.5, 0.6) is 0 Å². The molecule has 0 amide bonds. The molecular weight excluding hydrogens is 216 g/mol. The van der Waals surface area contributed by atoms with Crippen LogP contribution < -0.4 is 10.5 Å². The van der Waals surface area contributed by atoms with Gasteiger partial charge in [-0.3, -0.25) is 9.69 Å². The van der Waals surface area contributed by atoms with E-state index >= 15 is 0 Å². The number of nitrogens with zero attached hydrogens (tertiary/aromatic N) is 3. The molecule has 5 nitrogen and oxygen atoms in total. The normalized spacial score (nSPS) is 20.7. The Labute approximate surface area is 101 Å². The Morgan fingerprint density at radius 2 is 2.47 bits per heavy atom. The summed E-state index contributed by atoms with van der Waals surface area (Å²) >= 11 is 0. The summed E-state index contributed by atoms with van der Waals surface area (Å²) in [4.78, 5) is 22.5. The Morgan fingerprint density at radius 3 is 3.18 bits per heavy atom. The van der Waals surface area contributed by atoms with Crippen molar-refractivity contribution in [3.8, 4) is 0 Å². The SMILES string of the molecule is CCN1CCCC1CN(C)c1cc(=O)[nH]cn1. The maximum atomic E-state index is 11.2. The van der Waals surface area contributed by atoms with Crippen molar-refractivity contribution in [1.29, 1.82) is 0 Å². The van der Waals surface area contributed by atoms with Crippen molar-refractivity contribution in [1.82, 2.24) is 14.9 Å². The lowest BCUT2D eigenvalue weighted by molar-refractivity contribution is 0.270. The number of aromatic nitrogens is 2. The van der Waals surface area contributed by atoms with Crippen molar-refractivity contribution in [2.75, 3.05) is 31.6 Å². The van der Waals surface area contributed by atoms with Gasteiger partial charge in [-0.05, 0) is 25.9 Å². The lowest BCUT2D eigenvalue weighted by atomic mass is 10.2. The molecule has 1 saturated heterocycles. The molecule has 1 unspecified atom stereocenters. The van der Waals surface area contributed by atoms with Crippen molar-refractivity contribution < 1.29 is 0 Å². The smallest absolute Gasteiger partial charge is 0.252 e. The van der Waals surface area contributed by atoms with Gasteiger partial charge >= 0.3 is 0 Å². The molecule has 1 aromatic heterocycles. The number of likely N-dealkylation sites (tertiary alicyclic amines) is 1. The first-order valence-corrected chi connectivity index (χ1v) is 6.20. The van der Waals surface area contributed by atoms with E-state index in [9.17, 15) is 4.79 Å². The number of H-pyrrole nitrogens is 1. The molecular formula is C12H20N4O. The van der Waals surface area contributed by atoms with Crippen LogP contribution in [0.25, 0.3) is 0 Å². The molecule has 0 aliphatic carbocycles. The van der Waals surface area contributed by atoms with E-state index in [1.165, 1.54) is 25.7 Å². The molecule has 1 aliphatic heterocycles. The first-order valence-electron chi connectivity index (χ1n) is 6.20. The molecule has 2 heterocycles. The summed E-state index contributed by atoms with van der Waals surface area (Å²) in [5.74, 6) is 0.747. The van der Waals surface area contributed by atoms with Gasteiger partial charge in [0.05, 0.1) is 6.33 Å². The Kier molecular flexibility index (Phi) is 3.78. The topological polar surface area (TPSA) is 52.2 Å². The highest BCUT2D eigenvalue weighted by Crippen LogP contribution is 2.18. The van der Waals surface area contributed by atoms with Crippen molar-refractivity contribution in [3.05, 3.63) is 22.7 Å². The van der Waals surface area contributed by atoms with Crippen LogP contribution in [0.2, 0.25) is 0 Å². The maximum absolute atomic E-state index is 11.2. The molecule has 1 atom stereocenters. The predicted octanol–water partition coefficient (Wildman–Crippen LogP) is 0.690. The quantitative estimate of drug-likeness (QED) is 0.835. The second kappa shape index (κ2) is 5.31. The van der Waals surface area contributed by atoms with Crippen LogP contribution in [0.3, 0.4) is 0 Å². The van der Waals surface area contributed by atoms with E-state index in [1.807, 2.05) is 7.05 Å². The monoisotopic (exact) mass is 236 g/mol. The number of likely N-dealkylation sites (N-methyl/N-ethyl adjacent to an activating group) is 2. The molecule has 2 rings (SSSR count). The summed E-state index contributed by atoms with van der Waals surface area (Å²) in [6.45, 7) is 5.42. The summed E-state index contributed by atoms with van der Waals surface area (Å²) in [5.41, 5.74) is -0.0966. The third-order valence-electron chi connectivity index (χ3n) is 3.44. The van der Waals surface area contributed by atoms with Gasteiger partial charge in [0.1, 0.15) is 5.82 Å². The van der Waals surface area contributed by atoms with E-state index in [0.29, 0.717) is 6.04 Å². The van der Waals surface area contributed by atoms with Crippen molar-refractivity contribution >= 4 is 5.82 Å². The van der Waals surface area contributed by atoms with E-state index in [2.05, 4.69) is 26.7 Å². The minimum absolute atomic E-state index is 0.0966. The average molecular weight is 236 g/mol. The van der Waals surface area contributed by atoms with Crippen molar-refractivity contribution in [3.63, 3.8) is 0 Å². The number of hydrogen-bond acceptors (Lipinski definition) is 4. The maximum Gasteiger partial charge on any atom is 0.252 e.